The van der Waals surface area contributed by atoms with Gasteiger partial charge in [0.25, 0.3) is 10.1 Å². The topological polar surface area (TPSA) is 55.4 Å². The van der Waals surface area contributed by atoms with E-state index in [9.17, 15) is 12.8 Å². The fourth-order valence-electron chi connectivity index (χ4n) is 3.78. The van der Waals surface area contributed by atoms with E-state index in [0.29, 0.717) is 12.8 Å². The van der Waals surface area contributed by atoms with E-state index in [2.05, 4.69) is 19.2 Å². The Balaban J connectivity index is 0. The summed E-state index contributed by atoms with van der Waals surface area (Å²) < 4.78 is 42.6. The molecule has 0 aromatic carbocycles. The predicted molar refractivity (Wildman–Crippen MR) is 143 cm³/mol. The number of hydrogen-bond acceptors (Lipinski definition) is 4. The molecule has 1 N–H and O–H groups in total. The van der Waals surface area contributed by atoms with E-state index in [1.54, 1.807) is 0 Å². The van der Waals surface area contributed by atoms with Crippen LogP contribution < -0.4 is 5.32 Å². The molecule has 0 spiro atoms. The van der Waals surface area contributed by atoms with Gasteiger partial charge in [-0.2, -0.15) is 8.42 Å². The second-order valence-electron chi connectivity index (χ2n) is 9.38. The smallest absolute Gasteiger partial charge is 0.299 e. The Hall–Kier alpha value is -0.200. The first-order valence-corrected chi connectivity index (χ1v) is 15.5. The van der Waals surface area contributed by atoms with E-state index in [-0.39, 0.29) is 13.0 Å². The third-order valence-electron chi connectivity index (χ3n) is 5.84. The molecule has 0 fully saturated rings. The van der Waals surface area contributed by atoms with Crippen molar-refractivity contribution in [1.82, 2.24) is 5.32 Å². The van der Waals surface area contributed by atoms with Crippen LogP contribution in [0.15, 0.2) is 0 Å². The lowest BCUT2D eigenvalue weighted by molar-refractivity contribution is 0.270. The van der Waals surface area contributed by atoms with Gasteiger partial charge in [-0.05, 0) is 33.4 Å². The van der Waals surface area contributed by atoms with E-state index in [1.165, 1.54) is 83.5 Å². The van der Waals surface area contributed by atoms with E-state index >= 15 is 0 Å². The molecule has 33 heavy (non-hydrogen) atoms. The maximum absolute atomic E-state index is 14.0. The molecule has 202 valence electrons. The molecule has 0 saturated heterocycles. The highest BCUT2D eigenvalue weighted by atomic mass is 32.2. The number of hydrogen-bond donors (Lipinski definition) is 1. The minimum atomic E-state index is -4.04. The van der Waals surface area contributed by atoms with Crippen LogP contribution in [-0.4, -0.2) is 34.6 Å². The van der Waals surface area contributed by atoms with Gasteiger partial charge in [-0.3, -0.25) is 4.18 Å². The maximum atomic E-state index is 14.0. The van der Waals surface area contributed by atoms with Crippen molar-refractivity contribution in [2.75, 3.05) is 20.7 Å². The number of rotatable bonds is 24. The van der Waals surface area contributed by atoms with Crippen molar-refractivity contribution in [3.05, 3.63) is 0 Å². The predicted octanol–water partition coefficient (Wildman–Crippen LogP) is 8.70. The van der Waals surface area contributed by atoms with Gasteiger partial charge in [-0.25, -0.2) is 4.39 Å². The summed E-state index contributed by atoms with van der Waals surface area (Å²) >= 11 is 0. The Morgan fingerprint density at radius 1 is 0.606 bits per heavy atom. The minimum absolute atomic E-state index is 0.0642. The van der Waals surface area contributed by atoms with Crippen LogP contribution in [0.2, 0.25) is 0 Å². The van der Waals surface area contributed by atoms with E-state index in [0.717, 1.165) is 32.1 Å². The van der Waals surface area contributed by atoms with E-state index in [1.807, 2.05) is 14.1 Å². The van der Waals surface area contributed by atoms with Gasteiger partial charge in [0, 0.05) is 0 Å². The van der Waals surface area contributed by atoms with Gasteiger partial charge < -0.3 is 5.32 Å². The van der Waals surface area contributed by atoms with Gasteiger partial charge in [0.1, 0.15) is 0 Å². The number of alkyl halides is 1. The standard InChI is InChI=1S/C25H51FO3S.C2H7N/c1-3-5-7-9-11-12-13-14-15-16-18-20-22-24-29-30(27,28)25(26)23-21-19-17-10-8-6-4-2;1-3-2/h25H,3-24H2,1-2H3;3H,1-2H3. The van der Waals surface area contributed by atoms with Gasteiger partial charge >= 0.3 is 0 Å². The van der Waals surface area contributed by atoms with Gasteiger partial charge in [-0.15, -0.1) is 0 Å². The van der Waals surface area contributed by atoms with Crippen LogP contribution in [-0.2, 0) is 14.3 Å². The molecular formula is C27H58FNO3S. The highest BCUT2D eigenvalue weighted by Gasteiger charge is 2.25. The summed E-state index contributed by atoms with van der Waals surface area (Å²) in [6.07, 6.45) is 23.5. The molecule has 0 aromatic rings. The zero-order valence-electron chi connectivity index (χ0n) is 22.6. The molecule has 1 unspecified atom stereocenters. The first-order valence-electron chi connectivity index (χ1n) is 14.1. The lowest BCUT2D eigenvalue weighted by Gasteiger charge is -2.10. The minimum Gasteiger partial charge on any atom is -0.323 e. The molecule has 1 atom stereocenters. The Morgan fingerprint density at radius 3 is 1.27 bits per heavy atom. The highest BCUT2D eigenvalue weighted by Crippen LogP contribution is 2.17. The SMILES string of the molecule is CCCCCCCCCCCCCCCOS(=O)(=O)C(F)CCCCCCCCC.CNC. The Morgan fingerprint density at radius 2 is 0.909 bits per heavy atom. The Labute approximate surface area is 207 Å². The van der Waals surface area contributed by atoms with Crippen LogP contribution >= 0.6 is 0 Å². The number of nitrogens with one attached hydrogen (secondary N) is 1. The number of unbranched alkanes of at least 4 members (excludes halogenated alkanes) is 18. The summed E-state index contributed by atoms with van der Waals surface area (Å²) in [7, 11) is -0.295. The van der Waals surface area contributed by atoms with Crippen molar-refractivity contribution in [3.8, 4) is 0 Å². The summed E-state index contributed by atoms with van der Waals surface area (Å²) in [6.45, 7) is 4.55. The average molecular weight is 496 g/mol. The van der Waals surface area contributed by atoms with Gasteiger partial charge in [0.2, 0.25) is 5.50 Å². The first kappa shape index (κ1) is 35.0. The number of halogens is 1. The summed E-state index contributed by atoms with van der Waals surface area (Å²) in [4.78, 5) is 0. The molecule has 4 nitrogen and oxygen atoms in total. The molecule has 0 heterocycles. The van der Waals surface area contributed by atoms with Crippen molar-refractivity contribution in [1.29, 1.82) is 0 Å². The van der Waals surface area contributed by atoms with Gasteiger partial charge in [-0.1, -0.05) is 129 Å². The second-order valence-corrected chi connectivity index (χ2v) is 11.1. The average Bonchev–Trinajstić information content (AvgIpc) is 2.79. The van der Waals surface area contributed by atoms with Gasteiger partial charge in [0.15, 0.2) is 0 Å². The molecular weight excluding hydrogens is 437 g/mol. The van der Waals surface area contributed by atoms with E-state index in [4.69, 9.17) is 4.18 Å². The lowest BCUT2D eigenvalue weighted by atomic mass is 10.0. The zero-order chi connectivity index (χ0) is 25.0. The fraction of sp³-hybridized carbons (Fsp3) is 1.00. The fourth-order valence-corrected chi connectivity index (χ4v) is 4.73. The normalized spacial score (nSPS) is 12.4. The van der Waals surface area contributed by atoms with Gasteiger partial charge in [0.05, 0.1) is 6.61 Å². The molecule has 0 aliphatic carbocycles. The van der Waals surface area contributed by atoms with Crippen LogP contribution in [0.25, 0.3) is 0 Å². The van der Waals surface area contributed by atoms with Crippen molar-refractivity contribution in [2.45, 2.75) is 154 Å². The van der Waals surface area contributed by atoms with Crippen LogP contribution in [0.5, 0.6) is 0 Å². The van der Waals surface area contributed by atoms with Crippen LogP contribution in [0, 0.1) is 0 Å². The summed E-state index contributed by atoms with van der Waals surface area (Å²) in [5.41, 5.74) is -1.87. The largest absolute Gasteiger partial charge is 0.323 e. The lowest BCUT2D eigenvalue weighted by Crippen LogP contribution is -2.19. The summed E-state index contributed by atoms with van der Waals surface area (Å²) in [5.74, 6) is 0. The zero-order valence-corrected chi connectivity index (χ0v) is 23.5. The first-order chi connectivity index (χ1) is 16.0. The Kier molecular flexibility index (Phi) is 29.7. The Bertz CT molecular complexity index is 460. The molecule has 0 radical (unpaired) electrons. The molecule has 0 aromatic heterocycles. The third kappa shape index (κ3) is 27.9. The summed E-state index contributed by atoms with van der Waals surface area (Å²) in [5, 5.41) is 2.75. The molecule has 0 aliphatic heterocycles. The molecule has 0 rings (SSSR count). The van der Waals surface area contributed by atoms with Crippen molar-refractivity contribution >= 4 is 10.1 Å². The van der Waals surface area contributed by atoms with Crippen molar-refractivity contribution in [3.63, 3.8) is 0 Å². The summed E-state index contributed by atoms with van der Waals surface area (Å²) in [6, 6.07) is 0. The molecule has 0 bridgehead atoms. The molecule has 0 aliphatic rings. The quantitative estimate of drug-likeness (QED) is 0.107. The highest BCUT2D eigenvalue weighted by molar-refractivity contribution is 7.87. The van der Waals surface area contributed by atoms with Crippen molar-refractivity contribution in [2.24, 2.45) is 0 Å². The molecule has 0 amide bonds. The van der Waals surface area contributed by atoms with Crippen LogP contribution in [0.3, 0.4) is 0 Å². The van der Waals surface area contributed by atoms with E-state index < -0.39 is 15.6 Å². The second kappa shape index (κ2) is 28.0. The monoisotopic (exact) mass is 495 g/mol. The van der Waals surface area contributed by atoms with Crippen LogP contribution in [0.4, 0.5) is 4.39 Å². The molecule has 0 saturated carbocycles. The third-order valence-corrected chi connectivity index (χ3v) is 7.20. The van der Waals surface area contributed by atoms with Crippen LogP contribution in [0.1, 0.15) is 149 Å². The van der Waals surface area contributed by atoms with Crippen molar-refractivity contribution < 1.29 is 17.0 Å². The maximum Gasteiger partial charge on any atom is 0.299 e. The molecule has 6 heteroatoms.